The molecule has 6 heteroatoms. The summed E-state index contributed by atoms with van der Waals surface area (Å²) in [5, 5.41) is 22.9. The molecule has 0 aromatic heterocycles. The fourth-order valence-electron chi connectivity index (χ4n) is 3.32. The van der Waals surface area contributed by atoms with Gasteiger partial charge in [-0.05, 0) is 35.4 Å². The van der Waals surface area contributed by atoms with Crippen LogP contribution >= 0.6 is 0 Å². The number of rotatable bonds is 9. The monoisotopic (exact) mass is 425 g/mol. The number of anilines is 1. The normalized spacial score (nSPS) is 11.8. The van der Waals surface area contributed by atoms with Crippen LogP contribution in [0.15, 0.2) is 85.1 Å². The predicted octanol–water partition coefficient (Wildman–Crippen LogP) is 3.54. The van der Waals surface area contributed by atoms with Crippen molar-refractivity contribution in [2.75, 3.05) is 19.5 Å². The Morgan fingerprint density at radius 2 is 1.81 bits per heavy atom. The van der Waals surface area contributed by atoms with Gasteiger partial charge in [-0.1, -0.05) is 48.5 Å². The number of ether oxygens (including phenoxy) is 1. The zero-order chi connectivity index (χ0) is 22.9. The first-order valence-corrected chi connectivity index (χ1v) is 10.2. The van der Waals surface area contributed by atoms with Gasteiger partial charge in [0.05, 0.1) is 31.4 Å². The molecule has 0 saturated heterocycles. The van der Waals surface area contributed by atoms with E-state index in [2.05, 4.69) is 11.4 Å². The van der Waals surface area contributed by atoms with E-state index in [9.17, 15) is 4.79 Å². The van der Waals surface area contributed by atoms with Gasteiger partial charge in [0, 0.05) is 11.8 Å². The molecule has 0 saturated carbocycles. The molecular formula is C26H25N4O2+. The number of nitriles is 1. The maximum Gasteiger partial charge on any atom is 0.207 e. The van der Waals surface area contributed by atoms with E-state index in [0.717, 1.165) is 5.56 Å². The zero-order valence-corrected chi connectivity index (χ0v) is 18.0. The van der Waals surface area contributed by atoms with Gasteiger partial charge in [-0.15, -0.1) is 0 Å². The average molecular weight is 426 g/mol. The number of quaternary nitrogens is 1. The topological polar surface area (TPSA) is 103 Å². The standard InChI is InChI=1S/C26H24N4O2/c1-29-17-23(19-7-4-3-5-8-19)24(28)26(31)25(20-13-11-18(16-27)12-14-20)30-21-9-6-10-22(15-21)32-2/h3-15,17,25,28-30H,1-2H3/p+1/b23-17-,28-24?. The van der Waals surface area contributed by atoms with Crippen molar-refractivity contribution >= 4 is 22.8 Å². The highest BCUT2D eigenvalue weighted by molar-refractivity contribution is 6.56. The van der Waals surface area contributed by atoms with Gasteiger partial charge in [0.15, 0.2) is 0 Å². The van der Waals surface area contributed by atoms with Crippen LogP contribution in [0.5, 0.6) is 5.75 Å². The molecule has 0 fully saturated rings. The van der Waals surface area contributed by atoms with Crippen LogP contribution in [0.3, 0.4) is 0 Å². The minimum absolute atomic E-state index is 0.0981. The number of carbonyl (C=O) groups excluding carboxylic acids is 1. The first-order chi connectivity index (χ1) is 15.6. The maximum absolute atomic E-state index is 13.6. The predicted molar refractivity (Wildman–Crippen MR) is 126 cm³/mol. The smallest absolute Gasteiger partial charge is 0.207 e. The summed E-state index contributed by atoms with van der Waals surface area (Å²) in [6.07, 6.45) is 1.77. The molecule has 6 nitrogen and oxygen atoms in total. The molecule has 3 aromatic carbocycles. The van der Waals surface area contributed by atoms with Gasteiger partial charge in [0.25, 0.3) is 0 Å². The van der Waals surface area contributed by atoms with Crippen molar-refractivity contribution in [2.24, 2.45) is 0 Å². The van der Waals surface area contributed by atoms with Crippen LogP contribution in [0, 0.1) is 16.7 Å². The number of benzene rings is 3. The Hall–Kier alpha value is -4.21. The number of nitrogens with two attached hydrogens (primary N) is 1. The SMILES string of the molecule is C[NH2+]/C=C(\C(=N)C(=O)C(Nc1cccc(OC)c1)c1ccc(C#N)cc1)c1ccccc1. The van der Waals surface area contributed by atoms with Crippen molar-refractivity contribution in [2.45, 2.75) is 6.04 Å². The van der Waals surface area contributed by atoms with E-state index in [1.165, 1.54) is 0 Å². The molecule has 32 heavy (non-hydrogen) atoms. The molecule has 3 rings (SSSR count). The van der Waals surface area contributed by atoms with Crippen LogP contribution in [0.4, 0.5) is 5.69 Å². The highest BCUT2D eigenvalue weighted by Crippen LogP contribution is 2.26. The fraction of sp³-hybridized carbons (Fsp3) is 0.115. The zero-order valence-electron chi connectivity index (χ0n) is 18.0. The van der Waals surface area contributed by atoms with Crippen molar-refractivity contribution in [3.63, 3.8) is 0 Å². The molecule has 0 amide bonds. The van der Waals surface area contributed by atoms with Gasteiger partial charge in [-0.25, -0.2) is 0 Å². The van der Waals surface area contributed by atoms with Gasteiger partial charge in [0.1, 0.15) is 23.7 Å². The molecule has 4 N–H and O–H groups in total. The highest BCUT2D eigenvalue weighted by Gasteiger charge is 2.28. The van der Waals surface area contributed by atoms with Crippen molar-refractivity contribution in [1.82, 2.24) is 0 Å². The van der Waals surface area contributed by atoms with E-state index in [-0.39, 0.29) is 11.5 Å². The molecule has 0 aliphatic heterocycles. The van der Waals surface area contributed by atoms with E-state index in [0.29, 0.717) is 28.1 Å². The van der Waals surface area contributed by atoms with Crippen LogP contribution in [0.2, 0.25) is 0 Å². The Morgan fingerprint density at radius 3 is 2.44 bits per heavy atom. The molecule has 0 radical (unpaired) electrons. The van der Waals surface area contributed by atoms with Crippen LogP contribution in [-0.4, -0.2) is 25.7 Å². The lowest BCUT2D eigenvalue weighted by molar-refractivity contribution is -0.555. The number of hydrogen-bond acceptors (Lipinski definition) is 5. The van der Waals surface area contributed by atoms with Gasteiger partial charge in [0.2, 0.25) is 5.78 Å². The fourth-order valence-corrected chi connectivity index (χ4v) is 3.32. The van der Waals surface area contributed by atoms with Gasteiger partial charge >= 0.3 is 0 Å². The quantitative estimate of drug-likeness (QED) is 0.456. The second kappa shape index (κ2) is 10.7. The Balaban J connectivity index is 2.00. The van der Waals surface area contributed by atoms with E-state index in [4.69, 9.17) is 15.4 Å². The molecule has 160 valence electrons. The van der Waals surface area contributed by atoms with E-state index in [1.54, 1.807) is 43.6 Å². The summed E-state index contributed by atoms with van der Waals surface area (Å²) in [6.45, 7) is 0. The Bertz CT molecular complexity index is 1160. The third kappa shape index (κ3) is 5.28. The van der Waals surface area contributed by atoms with E-state index < -0.39 is 6.04 Å². The number of hydrogen-bond donors (Lipinski definition) is 3. The average Bonchev–Trinajstić information content (AvgIpc) is 2.85. The summed E-state index contributed by atoms with van der Waals surface area (Å²) in [5.41, 5.74) is 3.09. The van der Waals surface area contributed by atoms with E-state index in [1.807, 2.05) is 60.9 Å². The molecule has 0 aliphatic rings. The molecule has 1 unspecified atom stereocenters. The minimum Gasteiger partial charge on any atom is -0.497 e. The number of allylic oxidation sites excluding steroid dienone is 1. The highest BCUT2D eigenvalue weighted by atomic mass is 16.5. The summed E-state index contributed by atoms with van der Waals surface area (Å²) >= 11 is 0. The van der Waals surface area contributed by atoms with Gasteiger partial charge in [-0.3, -0.25) is 10.2 Å². The number of methoxy groups -OCH3 is 1. The Labute approximate surface area is 187 Å². The summed E-state index contributed by atoms with van der Waals surface area (Å²) < 4.78 is 5.29. The van der Waals surface area contributed by atoms with Crippen LogP contribution < -0.4 is 15.4 Å². The van der Waals surface area contributed by atoms with Crippen molar-refractivity contribution in [1.29, 1.82) is 10.7 Å². The van der Waals surface area contributed by atoms with Gasteiger partial charge < -0.3 is 15.4 Å². The summed E-state index contributed by atoms with van der Waals surface area (Å²) in [5.74, 6) is 0.274. The molecule has 0 bridgehead atoms. The molecule has 0 aliphatic carbocycles. The number of carbonyl (C=O) groups is 1. The lowest BCUT2D eigenvalue weighted by atomic mass is 9.92. The summed E-state index contributed by atoms with van der Waals surface area (Å²) in [7, 11) is 3.43. The molecule has 0 heterocycles. The summed E-state index contributed by atoms with van der Waals surface area (Å²) in [6, 6.07) is 24.8. The number of ketones is 1. The van der Waals surface area contributed by atoms with Crippen LogP contribution in [0.25, 0.3) is 5.57 Å². The van der Waals surface area contributed by atoms with Crippen molar-refractivity contribution in [3.8, 4) is 11.8 Å². The third-order valence-corrected chi connectivity index (χ3v) is 4.95. The molecular weight excluding hydrogens is 400 g/mol. The molecule has 1 atom stereocenters. The maximum atomic E-state index is 13.6. The number of Topliss-reactive ketones (excluding diaryl/α,β-unsaturated/α-hetero) is 1. The second-order valence-corrected chi connectivity index (χ2v) is 7.06. The lowest BCUT2D eigenvalue weighted by Gasteiger charge is -2.21. The molecule has 0 spiro atoms. The minimum atomic E-state index is -0.814. The van der Waals surface area contributed by atoms with Crippen molar-refractivity contribution < 1.29 is 14.8 Å². The van der Waals surface area contributed by atoms with Crippen LogP contribution in [0.1, 0.15) is 22.7 Å². The number of nitrogens with one attached hydrogen (secondary N) is 2. The first kappa shape index (κ1) is 22.5. The largest absolute Gasteiger partial charge is 0.497 e. The van der Waals surface area contributed by atoms with Crippen molar-refractivity contribution in [3.05, 3.63) is 102 Å². The summed E-state index contributed by atoms with van der Waals surface area (Å²) in [4.78, 5) is 13.6. The molecule has 3 aromatic rings. The lowest BCUT2D eigenvalue weighted by Crippen LogP contribution is -2.73. The third-order valence-electron chi connectivity index (χ3n) is 4.95. The number of nitrogens with zero attached hydrogens (tertiary/aromatic N) is 1. The van der Waals surface area contributed by atoms with E-state index >= 15 is 0 Å². The first-order valence-electron chi connectivity index (χ1n) is 10.2. The Morgan fingerprint density at radius 1 is 1.09 bits per heavy atom. The van der Waals surface area contributed by atoms with Crippen LogP contribution in [-0.2, 0) is 4.79 Å². The van der Waals surface area contributed by atoms with Gasteiger partial charge in [-0.2, -0.15) is 5.26 Å². The Kier molecular flexibility index (Phi) is 7.52. The second-order valence-electron chi connectivity index (χ2n) is 7.06.